The number of piperidine rings is 2. The van der Waals surface area contributed by atoms with E-state index in [0.29, 0.717) is 23.9 Å². The number of hydrogen-bond donors (Lipinski definition) is 1. The van der Waals surface area contributed by atoms with Crippen LogP contribution in [0.25, 0.3) is 0 Å². The number of nitrogens with one attached hydrogen (secondary N) is 1. The fourth-order valence-corrected chi connectivity index (χ4v) is 6.59. The summed E-state index contributed by atoms with van der Waals surface area (Å²) in [6.45, 7) is 5.35. The fraction of sp³-hybridized carbons (Fsp3) is 0.870. The molecule has 0 aromatic heterocycles. The summed E-state index contributed by atoms with van der Waals surface area (Å²) in [6.07, 6.45) is 11.8. The van der Waals surface area contributed by atoms with Gasteiger partial charge in [-0.1, -0.05) is 18.1 Å². The third kappa shape index (κ3) is 4.38. The molecule has 28 heavy (non-hydrogen) atoms. The maximum absolute atomic E-state index is 12.2. The first-order chi connectivity index (χ1) is 13.7. The average molecular weight is 409 g/mol. The number of amides is 1. The van der Waals surface area contributed by atoms with Crippen LogP contribution in [-0.2, 0) is 4.74 Å². The molecule has 158 valence electrons. The maximum atomic E-state index is 12.2. The Morgan fingerprint density at radius 2 is 1.93 bits per heavy atom. The number of carbonyl (C=O) groups is 1. The predicted octanol–water partition coefficient (Wildman–Crippen LogP) is 5.11. The van der Waals surface area contributed by atoms with Crippen molar-refractivity contribution in [2.24, 2.45) is 17.8 Å². The number of halogens is 1. The first-order valence-corrected chi connectivity index (χ1v) is 12.1. The van der Waals surface area contributed by atoms with Crippen LogP contribution in [0, 0.1) is 17.8 Å². The number of rotatable bonds is 2. The zero-order valence-corrected chi connectivity index (χ0v) is 18.2. The fourth-order valence-electron chi connectivity index (χ4n) is 6.23. The molecular weight excluding hydrogens is 372 g/mol. The van der Waals surface area contributed by atoms with Crippen LogP contribution in [0.5, 0.6) is 0 Å². The Morgan fingerprint density at radius 1 is 1.14 bits per heavy atom. The van der Waals surface area contributed by atoms with Crippen LogP contribution in [-0.4, -0.2) is 48.7 Å². The van der Waals surface area contributed by atoms with Gasteiger partial charge in [-0.25, -0.2) is 4.79 Å². The van der Waals surface area contributed by atoms with Crippen molar-refractivity contribution >= 4 is 17.7 Å². The Kier molecular flexibility index (Phi) is 6.88. The molecule has 0 radical (unpaired) electrons. The summed E-state index contributed by atoms with van der Waals surface area (Å²) in [4.78, 5) is 14.2. The van der Waals surface area contributed by atoms with Crippen molar-refractivity contribution < 1.29 is 9.53 Å². The average Bonchev–Trinajstić information content (AvgIpc) is 2.88. The van der Waals surface area contributed by atoms with Crippen molar-refractivity contribution in [3.63, 3.8) is 0 Å². The van der Waals surface area contributed by atoms with Crippen LogP contribution in [0.1, 0.15) is 71.1 Å². The summed E-state index contributed by atoms with van der Waals surface area (Å²) < 4.78 is 5.36. The van der Waals surface area contributed by atoms with E-state index in [1.54, 1.807) is 11.1 Å². The molecule has 1 amide bonds. The lowest BCUT2D eigenvalue weighted by atomic mass is 9.70. The van der Waals surface area contributed by atoms with E-state index < -0.39 is 0 Å². The summed E-state index contributed by atoms with van der Waals surface area (Å²) in [7, 11) is 0. The third-order valence-corrected chi connectivity index (χ3v) is 8.01. The van der Waals surface area contributed by atoms with Crippen molar-refractivity contribution in [2.75, 3.05) is 26.2 Å². The molecule has 2 saturated carbocycles. The van der Waals surface area contributed by atoms with E-state index in [1.807, 2.05) is 11.8 Å². The van der Waals surface area contributed by atoms with Gasteiger partial charge < -0.3 is 15.0 Å². The van der Waals surface area contributed by atoms with E-state index in [1.165, 1.54) is 38.5 Å². The minimum atomic E-state index is -0.124. The number of hydrogen-bond acceptors (Lipinski definition) is 3. The highest BCUT2D eigenvalue weighted by molar-refractivity contribution is 6.20. The van der Waals surface area contributed by atoms with E-state index in [-0.39, 0.29) is 6.09 Å². The van der Waals surface area contributed by atoms with Gasteiger partial charge in [-0.3, -0.25) is 0 Å². The van der Waals surface area contributed by atoms with Crippen molar-refractivity contribution in [2.45, 2.75) is 82.6 Å². The van der Waals surface area contributed by atoms with E-state index in [9.17, 15) is 4.79 Å². The van der Waals surface area contributed by atoms with Crippen LogP contribution in [0.4, 0.5) is 4.79 Å². The Morgan fingerprint density at radius 3 is 2.71 bits per heavy atom. The van der Waals surface area contributed by atoms with Gasteiger partial charge >= 0.3 is 6.09 Å². The molecule has 4 nitrogen and oxygen atoms in total. The van der Waals surface area contributed by atoms with Crippen LogP contribution < -0.4 is 5.32 Å². The smallest absolute Gasteiger partial charge is 0.409 e. The molecule has 2 heterocycles. The van der Waals surface area contributed by atoms with Crippen LogP contribution in [0.15, 0.2) is 11.1 Å². The van der Waals surface area contributed by atoms with Crippen molar-refractivity contribution in [3.8, 4) is 0 Å². The van der Waals surface area contributed by atoms with Gasteiger partial charge in [0.2, 0.25) is 0 Å². The highest BCUT2D eigenvalue weighted by Crippen LogP contribution is 2.48. The molecule has 4 rings (SSSR count). The lowest BCUT2D eigenvalue weighted by molar-refractivity contribution is 0.0991. The minimum absolute atomic E-state index is 0.124. The number of alkyl halides is 1. The van der Waals surface area contributed by atoms with Crippen molar-refractivity contribution in [3.05, 3.63) is 11.1 Å². The summed E-state index contributed by atoms with van der Waals surface area (Å²) in [6, 6.07) is 0.573. The number of ether oxygens (including phenoxy) is 1. The van der Waals surface area contributed by atoms with Gasteiger partial charge in [-0.15, -0.1) is 11.6 Å². The molecule has 0 bridgehead atoms. The zero-order chi connectivity index (χ0) is 19.5. The molecule has 2 saturated heterocycles. The molecule has 5 atom stereocenters. The van der Waals surface area contributed by atoms with E-state index in [2.05, 4.69) is 5.32 Å². The number of fused-ring (bicyclic) bond motifs is 2. The predicted molar refractivity (Wildman–Crippen MR) is 114 cm³/mol. The quantitative estimate of drug-likeness (QED) is 0.509. The van der Waals surface area contributed by atoms with Crippen molar-refractivity contribution in [1.82, 2.24) is 10.2 Å². The molecule has 4 fully saturated rings. The van der Waals surface area contributed by atoms with E-state index >= 15 is 0 Å². The van der Waals surface area contributed by atoms with Gasteiger partial charge in [0.05, 0.1) is 6.61 Å². The Hall–Kier alpha value is -0.740. The van der Waals surface area contributed by atoms with Gasteiger partial charge in [-0.2, -0.15) is 0 Å². The number of likely N-dealkylation sites (tertiary alicyclic amines) is 1. The summed E-state index contributed by atoms with van der Waals surface area (Å²) in [5.74, 6) is 2.27. The molecular formula is C23H37ClN2O2. The number of carbonyl (C=O) groups excluding carboxylic acids is 1. The highest BCUT2D eigenvalue weighted by Gasteiger charge is 2.42. The molecule has 2 aliphatic carbocycles. The second-order valence-electron chi connectivity index (χ2n) is 9.35. The van der Waals surface area contributed by atoms with Gasteiger partial charge in [0.15, 0.2) is 0 Å². The summed E-state index contributed by atoms with van der Waals surface area (Å²) >= 11 is 6.58. The van der Waals surface area contributed by atoms with Crippen LogP contribution in [0.2, 0.25) is 0 Å². The Balaban J connectivity index is 1.54. The molecule has 0 aromatic carbocycles. The lowest BCUT2D eigenvalue weighted by Crippen LogP contribution is -2.45. The molecule has 5 unspecified atom stereocenters. The first-order valence-electron chi connectivity index (χ1n) is 11.7. The van der Waals surface area contributed by atoms with Crippen LogP contribution in [0.3, 0.4) is 0 Å². The molecule has 2 aliphatic heterocycles. The molecule has 0 aromatic rings. The number of nitrogens with zero attached hydrogens (tertiary/aromatic N) is 1. The zero-order valence-electron chi connectivity index (χ0n) is 17.4. The topological polar surface area (TPSA) is 41.6 Å². The van der Waals surface area contributed by atoms with Gasteiger partial charge in [-0.05, 0) is 88.5 Å². The maximum Gasteiger partial charge on any atom is 0.409 e. The summed E-state index contributed by atoms with van der Waals surface area (Å²) in [5.41, 5.74) is 3.39. The van der Waals surface area contributed by atoms with Crippen molar-refractivity contribution in [1.29, 1.82) is 0 Å². The van der Waals surface area contributed by atoms with Gasteiger partial charge in [0, 0.05) is 24.5 Å². The minimum Gasteiger partial charge on any atom is -0.449 e. The molecule has 0 spiro atoms. The monoisotopic (exact) mass is 408 g/mol. The normalized spacial score (nSPS) is 36.4. The third-order valence-electron chi connectivity index (χ3n) is 7.61. The second-order valence-corrected chi connectivity index (χ2v) is 9.97. The molecule has 4 aliphatic rings. The standard InChI is InChI=1S/C23H37ClN2O2/c1-2-14-28-23(27)26-12-9-16(10-13-26)21-20-8-7-19(24)15-18(20)6-5-17-4-3-11-25-22(17)21/h17-20,22,25H,2-15H2,1H3. The van der Waals surface area contributed by atoms with Crippen LogP contribution >= 0.6 is 11.6 Å². The first kappa shape index (κ1) is 20.5. The van der Waals surface area contributed by atoms with E-state index in [0.717, 1.165) is 57.2 Å². The largest absolute Gasteiger partial charge is 0.449 e. The van der Waals surface area contributed by atoms with Gasteiger partial charge in [0.25, 0.3) is 0 Å². The van der Waals surface area contributed by atoms with Gasteiger partial charge in [0.1, 0.15) is 0 Å². The lowest BCUT2D eigenvalue weighted by Gasteiger charge is -2.41. The molecule has 5 heteroatoms. The second kappa shape index (κ2) is 9.38. The Labute approximate surface area is 175 Å². The Bertz CT molecular complexity index is 583. The SMILES string of the molecule is CCCOC(=O)N1CCC(=C2C3CCC(Cl)CC3CCC3CCCNC23)CC1. The molecule has 1 N–H and O–H groups in total. The van der Waals surface area contributed by atoms with E-state index in [4.69, 9.17) is 16.3 Å². The highest BCUT2D eigenvalue weighted by atomic mass is 35.5. The summed E-state index contributed by atoms with van der Waals surface area (Å²) in [5, 5.41) is 4.29.